The minimum Gasteiger partial charge on any atom is -0.341 e. The van der Waals surface area contributed by atoms with Gasteiger partial charge in [-0.05, 0) is 36.2 Å². The van der Waals surface area contributed by atoms with Crippen LogP contribution in [0, 0.1) is 17.0 Å². The van der Waals surface area contributed by atoms with Crippen LogP contribution in [0.3, 0.4) is 0 Å². The monoisotopic (exact) mass is 454 g/mol. The Bertz CT molecular complexity index is 1350. The molecule has 0 fully saturated rings. The highest BCUT2D eigenvalue weighted by molar-refractivity contribution is 5.97. The fourth-order valence-electron chi connectivity index (χ4n) is 3.62. The van der Waals surface area contributed by atoms with Crippen LogP contribution >= 0.6 is 0 Å². The molecule has 4 aromatic rings. The Morgan fingerprint density at radius 1 is 1.06 bits per heavy atom. The van der Waals surface area contributed by atoms with E-state index in [0.29, 0.717) is 11.1 Å². The van der Waals surface area contributed by atoms with Crippen molar-refractivity contribution in [2.45, 2.75) is 19.1 Å². The summed E-state index contributed by atoms with van der Waals surface area (Å²) < 4.78 is 39.1. The number of carbonyl (C=O) groups is 1. The largest absolute Gasteiger partial charge is 0.449 e. The van der Waals surface area contributed by atoms with Gasteiger partial charge in [-0.3, -0.25) is 14.9 Å². The van der Waals surface area contributed by atoms with Gasteiger partial charge in [-0.1, -0.05) is 42.5 Å². The van der Waals surface area contributed by atoms with Gasteiger partial charge >= 0.3 is 6.18 Å². The van der Waals surface area contributed by atoms with E-state index in [1.54, 1.807) is 36.4 Å². The molecule has 3 aromatic carbocycles. The zero-order valence-corrected chi connectivity index (χ0v) is 17.2. The number of fused-ring (bicyclic) bond motifs is 1. The minimum absolute atomic E-state index is 0.132. The maximum Gasteiger partial charge on any atom is 0.449 e. The summed E-state index contributed by atoms with van der Waals surface area (Å²) in [6.45, 7) is 1.49. The number of halogens is 3. The summed E-state index contributed by atoms with van der Waals surface area (Å²) in [5, 5.41) is 14.1. The average molecular weight is 454 g/mol. The Hall–Kier alpha value is -4.21. The second-order valence-electron chi connectivity index (χ2n) is 7.38. The Labute approximate surface area is 185 Å². The first-order valence-corrected chi connectivity index (χ1v) is 9.82. The first-order chi connectivity index (χ1) is 15.6. The lowest BCUT2D eigenvalue weighted by atomic mass is 9.97. The number of alkyl halides is 3. The fraction of sp³-hybridized carbons (Fsp3) is 0.130. The summed E-state index contributed by atoms with van der Waals surface area (Å²) in [5.74, 6) is -1.66. The lowest BCUT2D eigenvalue weighted by molar-refractivity contribution is -0.385. The van der Waals surface area contributed by atoms with E-state index >= 15 is 0 Å². The molecule has 0 saturated heterocycles. The van der Waals surface area contributed by atoms with E-state index in [4.69, 9.17) is 0 Å². The quantitative estimate of drug-likeness (QED) is 0.315. The van der Waals surface area contributed by atoms with Gasteiger partial charge in [0.15, 0.2) is 0 Å². The van der Waals surface area contributed by atoms with Crippen LogP contribution in [0.15, 0.2) is 66.7 Å². The van der Waals surface area contributed by atoms with Gasteiger partial charge in [0.1, 0.15) is 0 Å². The normalized spacial score (nSPS) is 12.5. The number of nitrogens with one attached hydrogen (secondary N) is 2. The summed E-state index contributed by atoms with van der Waals surface area (Å²) >= 11 is 0. The highest BCUT2D eigenvalue weighted by Gasteiger charge is 2.35. The summed E-state index contributed by atoms with van der Waals surface area (Å²) in [6, 6.07) is 16.9. The van der Waals surface area contributed by atoms with Crippen molar-refractivity contribution in [3.8, 4) is 0 Å². The lowest BCUT2D eigenvalue weighted by Crippen LogP contribution is -2.30. The highest BCUT2D eigenvalue weighted by Crippen LogP contribution is 2.31. The molecule has 1 unspecified atom stereocenters. The van der Waals surface area contributed by atoms with Gasteiger partial charge in [-0.2, -0.15) is 13.2 Å². The minimum atomic E-state index is -4.62. The first-order valence-electron chi connectivity index (χ1n) is 9.82. The van der Waals surface area contributed by atoms with Crippen LogP contribution in [0.4, 0.5) is 18.9 Å². The molecule has 4 rings (SSSR count). The van der Waals surface area contributed by atoms with Gasteiger partial charge in [-0.25, -0.2) is 4.98 Å². The second-order valence-corrected chi connectivity index (χ2v) is 7.38. The number of amides is 1. The van der Waals surface area contributed by atoms with Crippen LogP contribution in [0.1, 0.15) is 38.9 Å². The molecule has 0 radical (unpaired) electrons. The Morgan fingerprint density at radius 2 is 1.79 bits per heavy atom. The van der Waals surface area contributed by atoms with Crippen molar-refractivity contribution in [2.75, 3.05) is 0 Å². The third-order valence-electron chi connectivity index (χ3n) is 5.26. The van der Waals surface area contributed by atoms with Gasteiger partial charge in [-0.15, -0.1) is 0 Å². The number of nitrogens with zero attached hydrogens (tertiary/aromatic N) is 2. The number of carbonyl (C=O) groups excluding carboxylic acids is 1. The van der Waals surface area contributed by atoms with Crippen molar-refractivity contribution in [2.24, 2.45) is 0 Å². The molecule has 2 N–H and O–H groups in total. The van der Waals surface area contributed by atoms with E-state index in [-0.39, 0.29) is 27.8 Å². The molecule has 1 atom stereocenters. The first kappa shape index (κ1) is 22.0. The smallest absolute Gasteiger partial charge is 0.341 e. The van der Waals surface area contributed by atoms with Gasteiger partial charge in [0.05, 0.1) is 22.0 Å². The Kier molecular flexibility index (Phi) is 5.59. The van der Waals surface area contributed by atoms with Gasteiger partial charge < -0.3 is 10.3 Å². The summed E-state index contributed by atoms with van der Waals surface area (Å²) in [4.78, 5) is 29.6. The number of nitro groups is 1. The van der Waals surface area contributed by atoms with E-state index in [2.05, 4.69) is 15.3 Å². The maximum absolute atomic E-state index is 13.1. The number of imidazole rings is 1. The molecule has 0 aliphatic carbocycles. The van der Waals surface area contributed by atoms with Gasteiger partial charge in [0.2, 0.25) is 5.82 Å². The predicted molar refractivity (Wildman–Crippen MR) is 115 cm³/mol. The standard InChI is InChI=1S/C23H17F3N4O3/c1-13-16(8-5-9-19(13)30(32)33)21(31)29-20(14-6-3-2-4-7-14)15-10-11-17-18(12-15)28-22(27-17)23(24,25)26/h2-12,20H,1H3,(H,27,28)(H,29,31). The van der Waals surface area contributed by atoms with Crippen molar-refractivity contribution in [3.05, 3.63) is 105 Å². The predicted octanol–water partition coefficient (Wildman–Crippen LogP) is 5.32. The topological polar surface area (TPSA) is 101 Å². The number of hydrogen-bond donors (Lipinski definition) is 2. The van der Waals surface area contributed by atoms with E-state index in [1.807, 2.05) is 0 Å². The zero-order valence-electron chi connectivity index (χ0n) is 17.2. The molecule has 1 amide bonds. The van der Waals surface area contributed by atoms with E-state index < -0.39 is 28.9 Å². The molecule has 0 aliphatic rings. The van der Waals surface area contributed by atoms with Crippen LogP contribution in [0.5, 0.6) is 0 Å². The maximum atomic E-state index is 13.1. The van der Waals surface area contributed by atoms with E-state index in [1.165, 1.54) is 37.3 Å². The number of nitro benzene ring substituents is 1. The van der Waals surface area contributed by atoms with Gasteiger partial charge in [0.25, 0.3) is 11.6 Å². The van der Waals surface area contributed by atoms with Crippen molar-refractivity contribution in [3.63, 3.8) is 0 Å². The molecule has 0 aliphatic heterocycles. The van der Waals surface area contributed by atoms with Crippen LogP contribution in [-0.2, 0) is 6.18 Å². The number of hydrogen-bond acceptors (Lipinski definition) is 4. The number of benzene rings is 3. The summed E-state index contributed by atoms with van der Waals surface area (Å²) in [7, 11) is 0. The average Bonchev–Trinajstić information content (AvgIpc) is 3.22. The molecular weight excluding hydrogens is 437 g/mol. The van der Waals surface area contributed by atoms with Crippen molar-refractivity contribution < 1.29 is 22.9 Å². The molecular formula is C23H17F3N4O3. The number of aromatic amines is 1. The molecule has 1 aromatic heterocycles. The molecule has 33 heavy (non-hydrogen) atoms. The van der Waals surface area contributed by atoms with Crippen LogP contribution in [-0.4, -0.2) is 20.8 Å². The number of aromatic nitrogens is 2. The van der Waals surface area contributed by atoms with E-state index in [9.17, 15) is 28.1 Å². The van der Waals surface area contributed by atoms with Crippen LogP contribution in [0.25, 0.3) is 11.0 Å². The molecule has 168 valence electrons. The molecule has 10 heteroatoms. The summed E-state index contributed by atoms with van der Waals surface area (Å²) in [6.07, 6.45) is -4.62. The van der Waals surface area contributed by atoms with Crippen molar-refractivity contribution in [1.29, 1.82) is 0 Å². The molecule has 0 bridgehead atoms. The highest BCUT2D eigenvalue weighted by atomic mass is 19.4. The van der Waals surface area contributed by atoms with Gasteiger partial charge in [0, 0.05) is 17.2 Å². The third kappa shape index (κ3) is 4.40. The second kappa shape index (κ2) is 8.38. The molecule has 7 nitrogen and oxygen atoms in total. The molecule has 0 saturated carbocycles. The zero-order chi connectivity index (χ0) is 23.8. The van der Waals surface area contributed by atoms with Crippen molar-refractivity contribution >= 4 is 22.6 Å². The van der Waals surface area contributed by atoms with Crippen LogP contribution < -0.4 is 5.32 Å². The number of H-pyrrole nitrogens is 1. The SMILES string of the molecule is Cc1c(C(=O)NC(c2ccccc2)c2ccc3nc(C(F)(F)F)[nH]c3c2)cccc1[N+](=O)[O-]. The third-order valence-corrected chi connectivity index (χ3v) is 5.26. The van der Waals surface area contributed by atoms with Crippen LogP contribution in [0.2, 0.25) is 0 Å². The molecule has 0 spiro atoms. The van der Waals surface area contributed by atoms with E-state index in [0.717, 1.165) is 0 Å². The fourth-order valence-corrected chi connectivity index (χ4v) is 3.62. The molecule has 1 heterocycles. The number of rotatable bonds is 5. The Morgan fingerprint density at radius 3 is 2.45 bits per heavy atom. The summed E-state index contributed by atoms with van der Waals surface area (Å²) in [5.41, 5.74) is 1.67. The Balaban J connectivity index is 1.75. The van der Waals surface area contributed by atoms with Crippen molar-refractivity contribution in [1.82, 2.24) is 15.3 Å². The lowest BCUT2D eigenvalue weighted by Gasteiger charge is -2.20.